The molecule has 2 N–H and O–H groups in total. The second-order valence-electron chi connectivity index (χ2n) is 5.27. The molecule has 1 aromatic carbocycles. The van der Waals surface area contributed by atoms with Crippen LogP contribution in [0.15, 0.2) is 46.9 Å². The topological polar surface area (TPSA) is 45.4 Å². The third-order valence-electron chi connectivity index (χ3n) is 3.18. The quantitative estimate of drug-likeness (QED) is 0.802. The molecular weight excluding hydrogens is 269 g/mol. The highest BCUT2D eigenvalue weighted by Crippen LogP contribution is 2.21. The summed E-state index contributed by atoms with van der Waals surface area (Å²) >= 11 is 0. The van der Waals surface area contributed by atoms with Crippen molar-refractivity contribution >= 4 is 6.08 Å². The molecule has 0 radical (unpaired) electrons. The molecule has 4 heteroatoms. The van der Waals surface area contributed by atoms with Crippen LogP contribution in [0.1, 0.15) is 24.0 Å². The van der Waals surface area contributed by atoms with Gasteiger partial charge in [0.05, 0.1) is 0 Å². The van der Waals surface area contributed by atoms with Gasteiger partial charge in [0, 0.05) is 13.1 Å². The molecule has 0 aliphatic carbocycles. The standard InChI is InChI=1S/C17H20FNO2/c1-13-5-10-16(21-13)17(2,20)12-19-11-3-4-14-6-8-15(18)9-7-14/h3-10,19-20H,11-12H2,1-2H3/b4-3+. The van der Waals surface area contributed by atoms with E-state index in [1.165, 1.54) is 12.1 Å². The van der Waals surface area contributed by atoms with Crippen molar-refractivity contribution < 1.29 is 13.9 Å². The van der Waals surface area contributed by atoms with Crippen molar-refractivity contribution in [1.29, 1.82) is 0 Å². The van der Waals surface area contributed by atoms with Crippen LogP contribution in [0, 0.1) is 12.7 Å². The van der Waals surface area contributed by atoms with Gasteiger partial charge in [-0.2, -0.15) is 0 Å². The fourth-order valence-corrected chi connectivity index (χ4v) is 1.98. The Morgan fingerprint density at radius 3 is 2.57 bits per heavy atom. The Morgan fingerprint density at radius 2 is 1.95 bits per heavy atom. The summed E-state index contributed by atoms with van der Waals surface area (Å²) in [7, 11) is 0. The maximum absolute atomic E-state index is 12.8. The zero-order chi connectivity index (χ0) is 15.3. The molecule has 1 unspecified atom stereocenters. The van der Waals surface area contributed by atoms with Gasteiger partial charge < -0.3 is 14.8 Å². The Balaban J connectivity index is 1.80. The van der Waals surface area contributed by atoms with Crippen molar-refractivity contribution in [2.24, 2.45) is 0 Å². The first-order chi connectivity index (χ1) is 9.97. The van der Waals surface area contributed by atoms with Crippen LogP contribution in [0.5, 0.6) is 0 Å². The molecule has 3 nitrogen and oxygen atoms in total. The van der Waals surface area contributed by atoms with Crippen LogP contribution in [-0.2, 0) is 5.60 Å². The summed E-state index contributed by atoms with van der Waals surface area (Å²) in [6.07, 6.45) is 3.83. The van der Waals surface area contributed by atoms with E-state index in [1.807, 2.05) is 25.1 Å². The second-order valence-corrected chi connectivity index (χ2v) is 5.27. The molecule has 0 aliphatic heterocycles. The average Bonchev–Trinajstić information content (AvgIpc) is 2.88. The predicted octanol–water partition coefficient (Wildman–Crippen LogP) is 3.24. The first kappa shape index (κ1) is 15.5. The molecule has 1 heterocycles. The van der Waals surface area contributed by atoms with Crippen molar-refractivity contribution in [3.05, 3.63) is 65.4 Å². The monoisotopic (exact) mass is 289 g/mol. The van der Waals surface area contributed by atoms with Crippen molar-refractivity contribution in [3.8, 4) is 0 Å². The third-order valence-corrected chi connectivity index (χ3v) is 3.18. The minimum absolute atomic E-state index is 0.241. The number of aryl methyl sites for hydroxylation is 1. The first-order valence-corrected chi connectivity index (χ1v) is 6.89. The molecule has 0 fully saturated rings. The largest absolute Gasteiger partial charge is 0.463 e. The second kappa shape index (κ2) is 6.70. The molecule has 112 valence electrons. The van der Waals surface area contributed by atoms with Gasteiger partial charge in [0.2, 0.25) is 0 Å². The van der Waals surface area contributed by atoms with Crippen LogP contribution < -0.4 is 5.32 Å². The summed E-state index contributed by atoms with van der Waals surface area (Å²) < 4.78 is 18.2. The van der Waals surface area contributed by atoms with Crippen molar-refractivity contribution in [2.75, 3.05) is 13.1 Å². The Morgan fingerprint density at radius 1 is 1.24 bits per heavy atom. The van der Waals surface area contributed by atoms with Crippen LogP contribution in [0.3, 0.4) is 0 Å². The van der Waals surface area contributed by atoms with E-state index >= 15 is 0 Å². The first-order valence-electron chi connectivity index (χ1n) is 6.89. The summed E-state index contributed by atoms with van der Waals surface area (Å²) in [5.41, 5.74) is -0.107. The van der Waals surface area contributed by atoms with E-state index in [0.29, 0.717) is 18.8 Å². The van der Waals surface area contributed by atoms with E-state index in [1.54, 1.807) is 25.1 Å². The maximum Gasteiger partial charge on any atom is 0.136 e. The van der Waals surface area contributed by atoms with Gasteiger partial charge in [-0.1, -0.05) is 24.3 Å². The van der Waals surface area contributed by atoms with Crippen LogP contribution in [0.4, 0.5) is 4.39 Å². The lowest BCUT2D eigenvalue weighted by Gasteiger charge is -2.20. The summed E-state index contributed by atoms with van der Waals surface area (Å²) in [4.78, 5) is 0. The number of hydrogen-bond acceptors (Lipinski definition) is 3. The molecule has 0 aliphatic rings. The molecule has 0 amide bonds. The minimum Gasteiger partial charge on any atom is -0.463 e. The molecule has 0 spiro atoms. The normalized spacial score (nSPS) is 14.5. The fourth-order valence-electron chi connectivity index (χ4n) is 1.98. The van der Waals surface area contributed by atoms with E-state index in [4.69, 9.17) is 4.42 Å². The number of aliphatic hydroxyl groups is 1. The molecule has 21 heavy (non-hydrogen) atoms. The van der Waals surface area contributed by atoms with E-state index in [-0.39, 0.29) is 5.82 Å². The van der Waals surface area contributed by atoms with Crippen LogP contribution in [-0.4, -0.2) is 18.2 Å². The van der Waals surface area contributed by atoms with Crippen LogP contribution >= 0.6 is 0 Å². The lowest BCUT2D eigenvalue weighted by Crippen LogP contribution is -2.35. The van der Waals surface area contributed by atoms with Gasteiger partial charge in [-0.15, -0.1) is 0 Å². The van der Waals surface area contributed by atoms with Crippen LogP contribution in [0.2, 0.25) is 0 Å². The molecular formula is C17H20FNO2. The van der Waals surface area contributed by atoms with Gasteiger partial charge in [-0.3, -0.25) is 0 Å². The Labute approximate surface area is 124 Å². The SMILES string of the molecule is Cc1ccc(C(C)(O)CNC/C=C/c2ccc(F)cc2)o1. The number of halogens is 1. The van der Waals surface area contributed by atoms with Crippen molar-refractivity contribution in [3.63, 3.8) is 0 Å². The van der Waals surface area contributed by atoms with Crippen molar-refractivity contribution in [2.45, 2.75) is 19.4 Å². The van der Waals surface area contributed by atoms with Crippen molar-refractivity contribution in [1.82, 2.24) is 5.32 Å². The third kappa shape index (κ3) is 4.55. The maximum atomic E-state index is 12.8. The summed E-state index contributed by atoms with van der Waals surface area (Å²) in [6, 6.07) is 9.90. The lowest BCUT2D eigenvalue weighted by atomic mass is 10.0. The fraction of sp³-hybridized carbons (Fsp3) is 0.294. The van der Waals surface area contributed by atoms with Gasteiger partial charge in [0.25, 0.3) is 0 Å². The highest BCUT2D eigenvalue weighted by molar-refractivity contribution is 5.48. The van der Waals surface area contributed by atoms with Gasteiger partial charge >= 0.3 is 0 Å². The predicted molar refractivity (Wildman–Crippen MR) is 81.3 cm³/mol. The molecule has 0 bridgehead atoms. The summed E-state index contributed by atoms with van der Waals surface area (Å²) in [6.45, 7) is 4.54. The number of furan rings is 1. The summed E-state index contributed by atoms with van der Waals surface area (Å²) in [5.74, 6) is 1.09. The van der Waals surface area contributed by atoms with Gasteiger partial charge in [-0.05, 0) is 43.7 Å². The van der Waals surface area contributed by atoms with E-state index < -0.39 is 5.60 Å². The lowest BCUT2D eigenvalue weighted by molar-refractivity contribution is 0.0345. The van der Waals surface area contributed by atoms with E-state index in [9.17, 15) is 9.50 Å². The number of rotatable bonds is 6. The highest BCUT2D eigenvalue weighted by Gasteiger charge is 2.25. The zero-order valence-electron chi connectivity index (χ0n) is 12.3. The molecule has 1 atom stereocenters. The zero-order valence-corrected chi connectivity index (χ0v) is 12.3. The van der Waals surface area contributed by atoms with Gasteiger partial charge in [-0.25, -0.2) is 4.39 Å². The number of benzene rings is 1. The minimum atomic E-state index is -1.04. The van der Waals surface area contributed by atoms with Crippen LogP contribution in [0.25, 0.3) is 6.08 Å². The highest BCUT2D eigenvalue weighted by atomic mass is 19.1. The Bertz CT molecular complexity index is 600. The number of nitrogens with one attached hydrogen (secondary N) is 1. The van der Waals surface area contributed by atoms with Gasteiger partial charge in [0.15, 0.2) is 0 Å². The molecule has 0 saturated heterocycles. The summed E-state index contributed by atoms with van der Waals surface area (Å²) in [5, 5.41) is 13.5. The smallest absolute Gasteiger partial charge is 0.136 e. The van der Waals surface area contributed by atoms with E-state index in [2.05, 4.69) is 5.32 Å². The molecule has 2 rings (SSSR count). The average molecular weight is 289 g/mol. The van der Waals surface area contributed by atoms with E-state index in [0.717, 1.165) is 11.3 Å². The Kier molecular flexibility index (Phi) is 4.94. The molecule has 0 saturated carbocycles. The molecule has 2 aromatic rings. The molecule has 1 aromatic heterocycles. The number of hydrogen-bond donors (Lipinski definition) is 2. The van der Waals surface area contributed by atoms with Gasteiger partial charge in [0.1, 0.15) is 22.9 Å². The Hall–Kier alpha value is -1.91.